The van der Waals surface area contributed by atoms with E-state index in [2.05, 4.69) is 31.9 Å². The third-order valence-electron chi connectivity index (χ3n) is 3.09. The molecule has 0 rings (SSSR count). The summed E-state index contributed by atoms with van der Waals surface area (Å²) in [4.78, 5) is 47.5. The number of hydrogen-bond acceptors (Lipinski definition) is 8. The van der Waals surface area contributed by atoms with E-state index in [1.54, 1.807) is 41.5 Å². The van der Waals surface area contributed by atoms with E-state index in [9.17, 15) is 19.2 Å². The molecule has 2 atom stereocenters. The zero-order valence-corrected chi connectivity index (χ0v) is 18.8. The van der Waals surface area contributed by atoms with Gasteiger partial charge >= 0.3 is 24.1 Å². The average molecular weight is 428 g/mol. The summed E-state index contributed by atoms with van der Waals surface area (Å²) >= 11 is 0. The van der Waals surface area contributed by atoms with Gasteiger partial charge in [0, 0.05) is 12.8 Å². The average Bonchev–Trinajstić information content (AvgIpc) is 2.58. The summed E-state index contributed by atoms with van der Waals surface area (Å²) in [5.74, 6) is 3.95. The van der Waals surface area contributed by atoms with E-state index < -0.39 is 47.4 Å². The summed E-state index contributed by atoms with van der Waals surface area (Å²) in [6, 6.07) is -2.12. The highest BCUT2D eigenvalue weighted by molar-refractivity contribution is 5.82. The van der Waals surface area contributed by atoms with Crippen LogP contribution in [-0.2, 0) is 28.5 Å². The molecule has 170 valence electrons. The largest absolute Gasteiger partial charge is 0.467 e. The molecule has 0 spiro atoms. The third kappa shape index (κ3) is 12.5. The second-order valence-corrected chi connectivity index (χ2v) is 8.21. The first-order chi connectivity index (χ1) is 13.7. The van der Waals surface area contributed by atoms with Crippen molar-refractivity contribution in [3.8, 4) is 11.8 Å². The van der Waals surface area contributed by atoms with E-state index in [1.165, 1.54) is 14.2 Å². The zero-order valence-electron chi connectivity index (χ0n) is 18.8. The van der Waals surface area contributed by atoms with Crippen LogP contribution in [0.2, 0.25) is 0 Å². The van der Waals surface area contributed by atoms with E-state index in [-0.39, 0.29) is 12.8 Å². The Bertz CT molecular complexity index is 624. The molecule has 0 aromatic heterocycles. The summed E-state index contributed by atoms with van der Waals surface area (Å²) < 4.78 is 19.5. The molecule has 0 unspecified atom stereocenters. The summed E-state index contributed by atoms with van der Waals surface area (Å²) in [6.07, 6.45) is -1.77. The smallest absolute Gasteiger partial charge is 0.408 e. The lowest BCUT2D eigenvalue weighted by atomic mass is 10.1. The van der Waals surface area contributed by atoms with Crippen LogP contribution in [0.25, 0.3) is 0 Å². The minimum atomic E-state index is -1.06. The van der Waals surface area contributed by atoms with Gasteiger partial charge in [0.1, 0.15) is 23.3 Å². The van der Waals surface area contributed by atoms with Gasteiger partial charge in [-0.3, -0.25) is 0 Å². The van der Waals surface area contributed by atoms with Crippen LogP contribution in [0.15, 0.2) is 0 Å². The number of alkyl carbamates (subject to hydrolysis) is 2. The molecule has 0 fully saturated rings. The Hall–Kier alpha value is -2.96. The van der Waals surface area contributed by atoms with Gasteiger partial charge in [0.05, 0.1) is 14.2 Å². The van der Waals surface area contributed by atoms with Crippen LogP contribution in [0.4, 0.5) is 9.59 Å². The second kappa shape index (κ2) is 11.9. The quantitative estimate of drug-likeness (QED) is 0.373. The number of esters is 2. The number of rotatable bonds is 6. The predicted molar refractivity (Wildman–Crippen MR) is 107 cm³/mol. The van der Waals surface area contributed by atoms with Gasteiger partial charge < -0.3 is 29.6 Å². The molecule has 0 saturated heterocycles. The fraction of sp³-hybridized carbons (Fsp3) is 0.700. The molecule has 0 saturated carbocycles. The van der Waals surface area contributed by atoms with E-state index in [4.69, 9.17) is 9.47 Å². The minimum absolute atomic E-state index is 0.0910. The van der Waals surface area contributed by atoms with Gasteiger partial charge in [-0.25, -0.2) is 19.2 Å². The van der Waals surface area contributed by atoms with Gasteiger partial charge in [0.25, 0.3) is 0 Å². The summed E-state index contributed by atoms with van der Waals surface area (Å²) in [5.41, 5.74) is -1.48. The number of carbonyl (C=O) groups is 4. The van der Waals surface area contributed by atoms with Crippen molar-refractivity contribution in [2.45, 2.75) is 77.7 Å². The van der Waals surface area contributed by atoms with Crippen molar-refractivity contribution in [2.24, 2.45) is 0 Å². The second-order valence-electron chi connectivity index (χ2n) is 8.21. The van der Waals surface area contributed by atoms with Crippen molar-refractivity contribution < 1.29 is 38.1 Å². The number of amides is 2. The van der Waals surface area contributed by atoms with Crippen LogP contribution in [0.3, 0.4) is 0 Å². The van der Waals surface area contributed by atoms with Gasteiger partial charge in [-0.1, -0.05) is 0 Å². The van der Waals surface area contributed by atoms with Crippen molar-refractivity contribution in [3.63, 3.8) is 0 Å². The maximum Gasteiger partial charge on any atom is 0.408 e. The molecule has 0 bridgehead atoms. The summed E-state index contributed by atoms with van der Waals surface area (Å²) in [6.45, 7) is 10.1. The Kier molecular flexibility index (Phi) is 10.7. The third-order valence-corrected chi connectivity index (χ3v) is 3.09. The maximum atomic E-state index is 11.9. The van der Waals surface area contributed by atoms with Crippen LogP contribution >= 0.6 is 0 Å². The lowest BCUT2D eigenvalue weighted by molar-refractivity contribution is -0.143. The lowest BCUT2D eigenvalue weighted by Gasteiger charge is -2.22. The van der Waals surface area contributed by atoms with Crippen LogP contribution in [0.1, 0.15) is 54.4 Å². The lowest BCUT2D eigenvalue weighted by Crippen LogP contribution is -2.44. The number of hydrogen-bond donors (Lipinski definition) is 2. The van der Waals surface area contributed by atoms with Gasteiger partial charge in [-0.2, -0.15) is 0 Å². The fourth-order valence-electron chi connectivity index (χ4n) is 1.92. The Morgan fingerprint density at radius 2 is 1.00 bits per heavy atom. The molecule has 0 heterocycles. The molecule has 2 N–H and O–H groups in total. The minimum Gasteiger partial charge on any atom is -0.467 e. The van der Waals surface area contributed by atoms with Crippen LogP contribution in [-0.4, -0.2) is 61.6 Å². The first-order valence-corrected chi connectivity index (χ1v) is 9.29. The first-order valence-electron chi connectivity index (χ1n) is 9.29. The Morgan fingerprint density at radius 1 is 0.700 bits per heavy atom. The number of methoxy groups -OCH3 is 2. The molecular weight excluding hydrogens is 396 g/mol. The number of nitrogens with one attached hydrogen (secondary N) is 2. The molecule has 0 aromatic carbocycles. The SMILES string of the molecule is COC(=O)[C@H](CC#CC[C@H](NC(=O)OC(C)(C)C)C(=O)OC)NC(=O)OC(C)(C)C. The topological polar surface area (TPSA) is 129 Å². The standard InChI is InChI=1S/C20H32N2O8/c1-19(2,3)29-17(25)21-13(15(23)27-7)11-9-10-12-14(16(24)28-8)22-18(26)30-20(4,5)6/h13-14H,11-12H2,1-8H3,(H,21,25)(H,22,26)/t13-,14-/m0/s1. The zero-order chi connectivity index (χ0) is 23.5. The van der Waals surface area contributed by atoms with Crippen molar-refractivity contribution in [2.75, 3.05) is 14.2 Å². The van der Waals surface area contributed by atoms with E-state index in [1.807, 2.05) is 0 Å². The van der Waals surface area contributed by atoms with E-state index in [0.29, 0.717) is 0 Å². The molecule has 0 aliphatic rings. The van der Waals surface area contributed by atoms with E-state index >= 15 is 0 Å². The molecule has 10 nitrogen and oxygen atoms in total. The molecular formula is C20H32N2O8. The molecule has 10 heteroatoms. The highest BCUT2D eigenvalue weighted by atomic mass is 16.6. The van der Waals surface area contributed by atoms with Crippen molar-refractivity contribution in [1.29, 1.82) is 0 Å². The fourth-order valence-corrected chi connectivity index (χ4v) is 1.92. The summed E-state index contributed by atoms with van der Waals surface area (Å²) in [5, 5.41) is 4.77. The van der Waals surface area contributed by atoms with E-state index in [0.717, 1.165) is 0 Å². The van der Waals surface area contributed by atoms with Crippen LogP contribution in [0, 0.1) is 11.8 Å². The van der Waals surface area contributed by atoms with Crippen molar-refractivity contribution in [1.82, 2.24) is 10.6 Å². The van der Waals surface area contributed by atoms with Gasteiger partial charge in [0.15, 0.2) is 0 Å². The highest BCUT2D eigenvalue weighted by Gasteiger charge is 2.26. The predicted octanol–water partition coefficient (Wildman–Crippen LogP) is 1.90. The van der Waals surface area contributed by atoms with Crippen molar-refractivity contribution >= 4 is 24.1 Å². The Labute approximate surface area is 177 Å². The number of ether oxygens (including phenoxy) is 4. The van der Waals surface area contributed by atoms with Gasteiger partial charge in [-0.05, 0) is 41.5 Å². The molecule has 0 radical (unpaired) electrons. The highest BCUT2D eigenvalue weighted by Crippen LogP contribution is 2.08. The Morgan fingerprint density at radius 3 is 1.23 bits per heavy atom. The monoisotopic (exact) mass is 428 g/mol. The van der Waals surface area contributed by atoms with Gasteiger partial charge in [0.2, 0.25) is 0 Å². The van der Waals surface area contributed by atoms with Gasteiger partial charge in [-0.15, -0.1) is 11.8 Å². The normalized spacial score (nSPS) is 12.9. The Balaban J connectivity index is 5.03. The molecule has 2 amide bonds. The van der Waals surface area contributed by atoms with Crippen molar-refractivity contribution in [3.05, 3.63) is 0 Å². The number of carbonyl (C=O) groups excluding carboxylic acids is 4. The first kappa shape index (κ1) is 27.0. The molecule has 0 aliphatic carbocycles. The molecule has 0 aromatic rings. The maximum absolute atomic E-state index is 11.9. The molecule has 0 aliphatic heterocycles. The summed E-state index contributed by atoms with van der Waals surface area (Å²) in [7, 11) is 2.36. The van der Waals surface area contributed by atoms with Crippen LogP contribution < -0.4 is 10.6 Å². The molecule has 30 heavy (non-hydrogen) atoms. The van der Waals surface area contributed by atoms with Crippen LogP contribution in [0.5, 0.6) is 0 Å².